The lowest BCUT2D eigenvalue weighted by atomic mass is 9.46. The zero-order valence-corrected chi connectivity index (χ0v) is 25.8. The van der Waals surface area contributed by atoms with Gasteiger partial charge in [0, 0.05) is 35.7 Å². The Balaban J connectivity index is 1.57. The first-order valence-electron chi connectivity index (χ1n) is 15.7. The average molecular weight is 552 g/mol. The Morgan fingerprint density at radius 3 is 2.29 bits per heavy atom. The van der Waals surface area contributed by atoms with Gasteiger partial charge in [0.05, 0.1) is 0 Å². The van der Waals surface area contributed by atoms with Crippen LogP contribution in [0.1, 0.15) is 90.7 Å². The molecule has 218 valence electrons. The molecule has 0 aromatic heterocycles. The topological polar surface area (TPSA) is 32.7 Å². The average Bonchev–Trinajstić information content (AvgIpc) is 2.95. The number of anilines is 1. The van der Waals surface area contributed by atoms with Crippen LogP contribution < -0.4 is 9.64 Å². The number of allylic oxidation sites excluding steroid dienone is 1. The number of fused-ring (bicyclic) bond motifs is 3. The van der Waals surface area contributed by atoms with Crippen molar-refractivity contribution in [3.63, 3.8) is 0 Å². The number of rotatable bonds is 11. The Labute approximate surface area is 248 Å². The van der Waals surface area contributed by atoms with E-state index in [0.717, 1.165) is 43.7 Å². The summed E-state index contributed by atoms with van der Waals surface area (Å²) in [6.45, 7) is 13.4. The van der Waals surface area contributed by atoms with E-state index in [1.807, 2.05) is 12.1 Å². The molecule has 3 aromatic carbocycles. The third kappa shape index (κ3) is 5.78. The zero-order valence-electron chi connectivity index (χ0n) is 25.8. The number of benzene rings is 3. The van der Waals surface area contributed by atoms with E-state index in [0.29, 0.717) is 5.75 Å². The van der Waals surface area contributed by atoms with Gasteiger partial charge in [-0.15, -0.1) is 0 Å². The van der Waals surface area contributed by atoms with Crippen molar-refractivity contribution in [1.82, 2.24) is 0 Å². The van der Waals surface area contributed by atoms with Crippen molar-refractivity contribution in [3.8, 4) is 11.5 Å². The standard InChI is InChI=1S/C38H49NO2/c1-6-7-8-15-25-36(2,3)38-26-30(23-24-34(38)37(4,5)41-33-22-16-21-32(40)35(33)38)28-39(31-19-13-10-14-20-31)27-29-17-11-9-12-18-29/h9-14,16-23,34,40H,6-8,15,24-28H2,1-5H3/t34-,38-/m1/s1. The smallest absolute Gasteiger partial charge is 0.127 e. The summed E-state index contributed by atoms with van der Waals surface area (Å²) in [7, 11) is 0. The number of ether oxygens (including phenoxy) is 1. The lowest BCUT2D eigenvalue weighted by molar-refractivity contribution is -0.0756. The molecule has 0 amide bonds. The monoisotopic (exact) mass is 551 g/mol. The minimum Gasteiger partial charge on any atom is -0.508 e. The van der Waals surface area contributed by atoms with Gasteiger partial charge in [-0.1, -0.05) is 113 Å². The molecular weight excluding hydrogens is 502 g/mol. The number of hydrogen-bond acceptors (Lipinski definition) is 3. The fraction of sp³-hybridized carbons (Fsp3) is 0.474. The number of unbranched alkanes of at least 4 members (excludes halogenated alkanes) is 3. The summed E-state index contributed by atoms with van der Waals surface area (Å²) in [4.78, 5) is 2.51. The predicted molar refractivity (Wildman–Crippen MR) is 172 cm³/mol. The molecule has 1 aliphatic heterocycles. The van der Waals surface area contributed by atoms with Gasteiger partial charge in [-0.05, 0) is 68.4 Å². The van der Waals surface area contributed by atoms with E-state index < -0.39 is 0 Å². The Morgan fingerprint density at radius 2 is 1.59 bits per heavy atom. The van der Waals surface area contributed by atoms with E-state index in [1.165, 1.54) is 42.5 Å². The Bertz CT molecular complexity index is 1330. The fourth-order valence-electron chi connectivity index (χ4n) is 7.90. The maximum atomic E-state index is 11.5. The molecule has 3 nitrogen and oxygen atoms in total. The lowest BCUT2D eigenvalue weighted by Gasteiger charge is -2.61. The Kier molecular flexibility index (Phi) is 8.55. The summed E-state index contributed by atoms with van der Waals surface area (Å²) in [5, 5.41) is 11.5. The molecule has 0 saturated heterocycles. The molecule has 1 heterocycles. The molecule has 0 saturated carbocycles. The maximum Gasteiger partial charge on any atom is 0.127 e. The van der Waals surface area contributed by atoms with Crippen molar-refractivity contribution in [1.29, 1.82) is 0 Å². The van der Waals surface area contributed by atoms with Gasteiger partial charge >= 0.3 is 0 Å². The maximum absolute atomic E-state index is 11.5. The van der Waals surface area contributed by atoms with Crippen LogP contribution in [0.3, 0.4) is 0 Å². The third-order valence-electron chi connectivity index (χ3n) is 10.0. The number of nitrogens with zero attached hydrogens (tertiary/aromatic N) is 1. The second kappa shape index (κ2) is 12.0. The zero-order chi connectivity index (χ0) is 29.1. The van der Waals surface area contributed by atoms with Crippen LogP contribution in [0.5, 0.6) is 11.5 Å². The highest BCUT2D eigenvalue weighted by molar-refractivity contribution is 5.56. The molecule has 1 aliphatic carbocycles. The molecule has 5 rings (SSSR count). The van der Waals surface area contributed by atoms with E-state index >= 15 is 0 Å². The Morgan fingerprint density at radius 1 is 0.878 bits per heavy atom. The van der Waals surface area contributed by atoms with Crippen molar-refractivity contribution < 1.29 is 9.84 Å². The summed E-state index contributed by atoms with van der Waals surface area (Å²) in [6, 6.07) is 27.5. The Hall–Kier alpha value is -3.20. The molecule has 3 heteroatoms. The number of phenols is 1. The molecular formula is C38H49NO2. The van der Waals surface area contributed by atoms with E-state index in [-0.39, 0.29) is 22.3 Å². The van der Waals surface area contributed by atoms with Crippen LogP contribution in [0, 0.1) is 11.3 Å². The number of para-hydroxylation sites is 1. The van der Waals surface area contributed by atoms with Gasteiger partial charge in [0.25, 0.3) is 0 Å². The van der Waals surface area contributed by atoms with E-state index in [2.05, 4.69) is 112 Å². The minimum absolute atomic E-state index is 0.0312. The van der Waals surface area contributed by atoms with Crippen molar-refractivity contribution in [3.05, 3.63) is 102 Å². The van der Waals surface area contributed by atoms with Gasteiger partial charge < -0.3 is 14.7 Å². The van der Waals surface area contributed by atoms with Gasteiger partial charge in [0.1, 0.15) is 17.1 Å². The molecule has 1 N–H and O–H groups in total. The molecule has 41 heavy (non-hydrogen) atoms. The normalized spacial score (nSPS) is 21.3. The van der Waals surface area contributed by atoms with Crippen LogP contribution in [0.4, 0.5) is 5.69 Å². The first-order chi connectivity index (χ1) is 19.7. The molecule has 0 radical (unpaired) electrons. The summed E-state index contributed by atoms with van der Waals surface area (Å²) < 4.78 is 6.70. The predicted octanol–water partition coefficient (Wildman–Crippen LogP) is 9.84. The van der Waals surface area contributed by atoms with Crippen molar-refractivity contribution in [2.24, 2.45) is 11.3 Å². The van der Waals surface area contributed by atoms with Crippen molar-refractivity contribution in [2.75, 3.05) is 11.4 Å². The molecule has 2 aliphatic rings. The van der Waals surface area contributed by atoms with Crippen LogP contribution in [0.25, 0.3) is 0 Å². The first-order valence-corrected chi connectivity index (χ1v) is 15.7. The van der Waals surface area contributed by atoms with Crippen LogP contribution >= 0.6 is 0 Å². The van der Waals surface area contributed by atoms with E-state index in [4.69, 9.17) is 4.74 Å². The van der Waals surface area contributed by atoms with Crippen LogP contribution in [0.2, 0.25) is 0 Å². The van der Waals surface area contributed by atoms with Crippen LogP contribution in [0.15, 0.2) is 90.5 Å². The highest BCUT2D eigenvalue weighted by Crippen LogP contribution is 2.65. The number of aromatic hydroxyl groups is 1. The highest BCUT2D eigenvalue weighted by atomic mass is 16.5. The SMILES string of the molecule is CCCCCCC(C)(C)[C@]12CC(CN(Cc3ccccc3)c3ccccc3)=CC[C@@H]1C(C)(C)Oc1cccc(O)c12. The third-order valence-corrected chi connectivity index (χ3v) is 10.0. The summed E-state index contributed by atoms with van der Waals surface area (Å²) >= 11 is 0. The van der Waals surface area contributed by atoms with Gasteiger partial charge in [0.15, 0.2) is 0 Å². The molecule has 0 bridgehead atoms. The summed E-state index contributed by atoms with van der Waals surface area (Å²) in [5.74, 6) is 1.51. The van der Waals surface area contributed by atoms with Gasteiger partial charge in [-0.25, -0.2) is 0 Å². The van der Waals surface area contributed by atoms with Gasteiger partial charge in [-0.2, -0.15) is 0 Å². The first kappa shape index (κ1) is 29.3. The number of phenolic OH excluding ortho intramolecular Hbond substituents is 1. The molecule has 0 fully saturated rings. The minimum atomic E-state index is -0.341. The fourth-order valence-corrected chi connectivity index (χ4v) is 7.90. The second-order valence-electron chi connectivity index (χ2n) is 13.5. The largest absolute Gasteiger partial charge is 0.508 e. The summed E-state index contributed by atoms with van der Waals surface area (Å²) in [5.41, 5.74) is 4.43. The molecule has 2 atom stereocenters. The molecule has 3 aromatic rings. The van der Waals surface area contributed by atoms with Crippen molar-refractivity contribution in [2.45, 2.75) is 97.1 Å². The molecule has 0 unspecified atom stereocenters. The van der Waals surface area contributed by atoms with E-state index in [1.54, 1.807) is 0 Å². The lowest BCUT2D eigenvalue weighted by Crippen LogP contribution is -2.61. The van der Waals surface area contributed by atoms with Crippen LogP contribution in [-0.2, 0) is 12.0 Å². The van der Waals surface area contributed by atoms with Gasteiger partial charge in [-0.3, -0.25) is 0 Å². The van der Waals surface area contributed by atoms with Gasteiger partial charge in [0.2, 0.25) is 0 Å². The number of hydrogen-bond donors (Lipinski definition) is 1. The molecule has 0 spiro atoms. The van der Waals surface area contributed by atoms with Crippen molar-refractivity contribution >= 4 is 5.69 Å². The quantitative estimate of drug-likeness (QED) is 0.190. The highest BCUT2D eigenvalue weighted by Gasteiger charge is 2.61. The van der Waals surface area contributed by atoms with Crippen LogP contribution in [-0.4, -0.2) is 17.3 Å². The summed E-state index contributed by atoms with van der Waals surface area (Å²) in [6.07, 6.45) is 10.5. The second-order valence-corrected chi connectivity index (χ2v) is 13.5. The van der Waals surface area contributed by atoms with E-state index in [9.17, 15) is 5.11 Å².